The molecule has 0 fully saturated rings. The average Bonchev–Trinajstić information content (AvgIpc) is 1.58. The fraction of sp³-hybridized carbons (Fsp3) is 0. The molecule has 12 nitrogen and oxygen atoms in total. The van der Waals surface area contributed by atoms with Gasteiger partial charge in [0.05, 0.1) is 125 Å². The van der Waals surface area contributed by atoms with E-state index in [-0.39, 0.29) is 0 Å². The van der Waals surface area contributed by atoms with Gasteiger partial charge in [-0.15, -0.1) is 0 Å². The van der Waals surface area contributed by atoms with Gasteiger partial charge in [-0.2, -0.15) is 31.6 Å². The van der Waals surface area contributed by atoms with E-state index in [0.717, 1.165) is 98.9 Å². The summed E-state index contributed by atoms with van der Waals surface area (Å²) in [5, 5.41) is 72.8. The van der Waals surface area contributed by atoms with E-state index >= 15 is 0 Å². The minimum atomic E-state index is 0.423. The molecule has 13 aromatic carbocycles. The lowest BCUT2D eigenvalue weighted by atomic mass is 9.95. The molecular formula is C89H46N12. The second-order valence-electron chi connectivity index (χ2n) is 25.3. The van der Waals surface area contributed by atoms with E-state index in [2.05, 4.69) is 211 Å². The summed E-state index contributed by atoms with van der Waals surface area (Å²) in [5.41, 5.74) is 18.1. The van der Waals surface area contributed by atoms with Crippen molar-refractivity contribution < 1.29 is 0 Å². The van der Waals surface area contributed by atoms with E-state index in [1.807, 2.05) is 127 Å². The minimum Gasteiger partial charge on any atom is -0.309 e. The van der Waals surface area contributed by atoms with E-state index in [4.69, 9.17) is 4.98 Å². The van der Waals surface area contributed by atoms with E-state index in [1.165, 1.54) is 0 Å². The largest absolute Gasteiger partial charge is 0.309 e. The Kier molecular flexibility index (Phi) is 12.7. The van der Waals surface area contributed by atoms with E-state index in [9.17, 15) is 31.6 Å². The van der Waals surface area contributed by atoms with Gasteiger partial charge in [0.15, 0.2) is 11.6 Å². The normalized spacial score (nSPS) is 11.5. The van der Waals surface area contributed by atoms with Gasteiger partial charge in [-0.1, -0.05) is 121 Å². The zero-order valence-electron chi connectivity index (χ0n) is 53.4. The van der Waals surface area contributed by atoms with Crippen LogP contribution in [-0.4, -0.2) is 27.8 Å². The van der Waals surface area contributed by atoms with E-state index in [0.29, 0.717) is 106 Å². The van der Waals surface area contributed by atoms with Crippen LogP contribution >= 0.6 is 0 Å². The summed E-state index contributed by atoms with van der Waals surface area (Å²) in [6.07, 6.45) is 0. The fourth-order valence-corrected chi connectivity index (χ4v) is 15.7. The Balaban J connectivity index is 1.14. The summed E-state index contributed by atoms with van der Waals surface area (Å²) in [7, 11) is 0. The Labute approximate surface area is 576 Å². The van der Waals surface area contributed by atoms with Crippen LogP contribution in [0.15, 0.2) is 279 Å². The lowest BCUT2D eigenvalue weighted by Crippen LogP contribution is -2.16. The second-order valence-corrected chi connectivity index (χ2v) is 25.3. The van der Waals surface area contributed by atoms with Gasteiger partial charge < -0.3 is 13.7 Å². The molecule has 19 aromatic rings. The highest BCUT2D eigenvalue weighted by Crippen LogP contribution is 2.52. The van der Waals surface area contributed by atoms with Crippen LogP contribution in [0.3, 0.4) is 0 Å². The van der Waals surface area contributed by atoms with Crippen molar-refractivity contribution in [2.45, 2.75) is 0 Å². The van der Waals surface area contributed by atoms with Crippen molar-refractivity contribution >= 4 is 109 Å². The van der Waals surface area contributed by atoms with Crippen LogP contribution in [0, 0.1) is 68.0 Å². The molecular weight excluding hydrogens is 1240 g/mol. The van der Waals surface area contributed by atoms with Gasteiger partial charge in [0.25, 0.3) is 0 Å². The van der Waals surface area contributed by atoms with Gasteiger partial charge in [-0.3, -0.25) is 9.13 Å². The summed E-state index contributed by atoms with van der Waals surface area (Å²) in [5.74, 6) is 0.937. The molecule has 0 saturated carbocycles. The number of hydrogen-bond donors (Lipinski definition) is 0. The zero-order chi connectivity index (χ0) is 67.7. The molecule has 0 radical (unpaired) electrons. The molecule has 0 aliphatic carbocycles. The van der Waals surface area contributed by atoms with Crippen LogP contribution in [0.5, 0.6) is 0 Å². The highest BCUT2D eigenvalue weighted by Gasteiger charge is 2.35. The van der Waals surface area contributed by atoms with Crippen molar-refractivity contribution in [1.82, 2.24) is 27.8 Å². The Hall–Kier alpha value is -15.1. The SMILES string of the molecule is N#Cc1ccc2c(c1)c1cc(C#N)ccc1n2-c1nc(-n2c3ccc(-c4ccccc4)cc3c3cc(-c4ccccc4)ccc32)c(-n2c3ccc(C#N)cc3c3cc(C#N)ccc32)c(-c2cccc3c2c2ccccc2n3-c2ccccc2)c1-n1c2ccc(C#N)cc2c2cc(C#N)ccc21. The van der Waals surface area contributed by atoms with Gasteiger partial charge in [-0.05, 0) is 186 Å². The number of para-hydroxylation sites is 2. The summed E-state index contributed by atoms with van der Waals surface area (Å²) in [6.45, 7) is 0. The maximum absolute atomic E-state index is 10.8. The molecule has 462 valence electrons. The van der Waals surface area contributed by atoms with Crippen LogP contribution < -0.4 is 0 Å². The Morgan fingerprint density at radius 1 is 0.228 bits per heavy atom. The molecule has 0 saturated heterocycles. The lowest BCUT2D eigenvalue weighted by Gasteiger charge is -2.27. The number of aromatic nitrogens is 6. The summed E-state index contributed by atoms with van der Waals surface area (Å²) in [6, 6.07) is 108. The summed E-state index contributed by atoms with van der Waals surface area (Å²) < 4.78 is 11.3. The molecule has 0 aliphatic rings. The van der Waals surface area contributed by atoms with E-state index in [1.54, 1.807) is 0 Å². The number of benzene rings is 13. The van der Waals surface area contributed by atoms with Crippen molar-refractivity contribution in [3.05, 3.63) is 312 Å². The Bertz CT molecular complexity index is 6830. The molecule has 0 N–H and O–H groups in total. The smallest absolute Gasteiger partial charge is 0.165 e. The number of hydrogen-bond acceptors (Lipinski definition) is 7. The molecule has 0 spiro atoms. The standard InChI is InChI=1S/C89H46N12/c90-47-53-23-31-75-66(39-53)67-40-54(48-91)24-32-76(67)98(75)86-85(65-20-12-22-83-84(65)64-19-10-11-21-74(64)97(83)63-17-8-3-9-18-63)87(99-77-33-25-55(49-92)41-68(77)69-42-56(50-93)26-34-78(69)99)89(96-88(86)100-79-35-27-57(51-94)43-70(79)71-44-58(52-95)28-36-80(71)100)101-81-37-29-61(59-13-4-1-5-14-59)45-72(81)73-46-62(30-38-82(73)101)60-15-6-2-7-16-60/h1-46H. The Morgan fingerprint density at radius 3 is 0.911 bits per heavy atom. The number of nitrogens with zero attached hydrogens (tertiary/aromatic N) is 12. The highest BCUT2D eigenvalue weighted by atomic mass is 15.2. The molecule has 0 atom stereocenters. The minimum absolute atomic E-state index is 0.423. The number of fused-ring (bicyclic) bond motifs is 15. The van der Waals surface area contributed by atoms with E-state index < -0.39 is 0 Å². The molecule has 101 heavy (non-hydrogen) atoms. The van der Waals surface area contributed by atoms with Crippen molar-refractivity contribution in [2.75, 3.05) is 0 Å². The quantitative estimate of drug-likeness (QED) is 0.145. The van der Waals surface area contributed by atoms with Crippen LogP contribution in [0.25, 0.3) is 171 Å². The lowest BCUT2D eigenvalue weighted by molar-refractivity contribution is 0.961. The fourth-order valence-electron chi connectivity index (χ4n) is 15.7. The molecule has 0 unspecified atom stereocenters. The first-order chi connectivity index (χ1) is 49.8. The number of nitriles is 6. The predicted octanol–water partition coefficient (Wildman–Crippen LogP) is 20.8. The highest BCUT2D eigenvalue weighted by molar-refractivity contribution is 6.21. The van der Waals surface area contributed by atoms with Crippen molar-refractivity contribution in [3.63, 3.8) is 0 Å². The molecule has 6 heterocycles. The first kappa shape index (κ1) is 57.4. The molecule has 0 aliphatic heterocycles. The van der Waals surface area contributed by atoms with Gasteiger partial charge in [0, 0.05) is 65.1 Å². The second kappa shape index (κ2) is 22.3. The first-order valence-electron chi connectivity index (χ1n) is 32.9. The maximum atomic E-state index is 10.8. The third-order valence-electron chi connectivity index (χ3n) is 20.0. The van der Waals surface area contributed by atoms with Crippen molar-refractivity contribution in [2.24, 2.45) is 0 Å². The molecule has 0 bridgehead atoms. The Morgan fingerprint density at radius 2 is 0.535 bits per heavy atom. The molecule has 6 aromatic heterocycles. The van der Waals surface area contributed by atoms with Gasteiger partial charge in [0.1, 0.15) is 11.4 Å². The predicted molar refractivity (Wildman–Crippen MR) is 401 cm³/mol. The van der Waals surface area contributed by atoms with Gasteiger partial charge in [0.2, 0.25) is 0 Å². The van der Waals surface area contributed by atoms with Crippen LogP contribution in [-0.2, 0) is 0 Å². The zero-order valence-corrected chi connectivity index (χ0v) is 53.4. The van der Waals surface area contributed by atoms with Gasteiger partial charge in [-0.25, -0.2) is 4.98 Å². The van der Waals surface area contributed by atoms with Gasteiger partial charge >= 0.3 is 0 Å². The molecule has 12 heteroatoms. The topological polar surface area (TPSA) is 180 Å². The first-order valence-corrected chi connectivity index (χ1v) is 32.9. The van der Waals surface area contributed by atoms with Crippen molar-refractivity contribution in [3.8, 4) is 98.5 Å². The number of rotatable bonds is 8. The summed E-state index contributed by atoms with van der Waals surface area (Å²) in [4.78, 5) is 6.50. The summed E-state index contributed by atoms with van der Waals surface area (Å²) >= 11 is 0. The van der Waals surface area contributed by atoms with Crippen molar-refractivity contribution in [1.29, 1.82) is 31.6 Å². The van der Waals surface area contributed by atoms with Crippen LogP contribution in [0.4, 0.5) is 0 Å². The average molecular weight is 1280 g/mol. The maximum Gasteiger partial charge on any atom is 0.165 e. The monoisotopic (exact) mass is 1280 g/mol. The van der Waals surface area contributed by atoms with Crippen LogP contribution in [0.1, 0.15) is 33.4 Å². The third kappa shape index (κ3) is 8.52. The number of pyridine rings is 1. The molecule has 19 rings (SSSR count). The third-order valence-corrected chi connectivity index (χ3v) is 20.0. The molecule has 0 amide bonds. The van der Waals surface area contributed by atoms with Crippen LogP contribution in [0.2, 0.25) is 0 Å².